The van der Waals surface area contributed by atoms with Crippen LogP contribution in [-0.2, 0) is 112 Å². The van der Waals surface area contributed by atoms with E-state index in [1.165, 1.54) is 16.7 Å². The number of likely N-dealkylation sites (N-methyl/N-ethyl adjacent to an activating group) is 1. The van der Waals surface area contributed by atoms with Crippen molar-refractivity contribution in [3.63, 3.8) is 0 Å². The fourth-order valence-electron chi connectivity index (χ4n) is 13.8. The van der Waals surface area contributed by atoms with Crippen LogP contribution in [0.3, 0.4) is 0 Å². The molecule has 4 heterocycles. The van der Waals surface area contributed by atoms with Crippen molar-refractivity contribution in [2.24, 2.45) is 17.2 Å². The molecule has 0 bridgehead atoms. The van der Waals surface area contributed by atoms with Gasteiger partial charge in [-0.1, -0.05) is 50.1 Å². The number of amides is 15. The van der Waals surface area contributed by atoms with Crippen molar-refractivity contribution in [2.45, 2.75) is 171 Å². The second kappa shape index (κ2) is 56.5. The third-order valence-corrected chi connectivity index (χ3v) is 22.9. The molecule has 4 aliphatic rings. The highest BCUT2D eigenvalue weighted by Gasteiger charge is 2.46. The molecular formula is C79H122N18O27S2. The molecule has 5 rings (SSSR count). The van der Waals surface area contributed by atoms with Gasteiger partial charge in [0.1, 0.15) is 48.3 Å². The number of hydrogen-bond donors (Lipinski definition) is 16. The van der Waals surface area contributed by atoms with Crippen LogP contribution in [-0.4, -0.2) is 390 Å². The molecule has 1 aromatic carbocycles. The second-order valence-electron chi connectivity index (χ2n) is 30.6. The van der Waals surface area contributed by atoms with Crippen molar-refractivity contribution < 1.29 is 131 Å². The van der Waals surface area contributed by atoms with Crippen LogP contribution < -0.4 is 59.7 Å². The molecule has 0 radical (unpaired) electrons. The molecule has 4 aliphatic heterocycles. The lowest BCUT2D eigenvalue weighted by molar-refractivity contribution is -0.147. The number of benzene rings is 1. The van der Waals surface area contributed by atoms with Crippen LogP contribution in [0, 0.1) is 0 Å². The summed E-state index contributed by atoms with van der Waals surface area (Å²) >= 11 is 1.11. The van der Waals surface area contributed by atoms with Crippen molar-refractivity contribution in [1.82, 2.24) is 76.8 Å². The van der Waals surface area contributed by atoms with E-state index in [1.54, 1.807) is 45.0 Å². The number of aliphatic hydroxyl groups is 1. The average molecular weight is 1820 g/mol. The van der Waals surface area contributed by atoms with Crippen LogP contribution in [0.2, 0.25) is 0 Å². The first-order valence-electron chi connectivity index (χ1n) is 41.8. The predicted molar refractivity (Wildman–Crippen MR) is 451 cm³/mol. The summed E-state index contributed by atoms with van der Waals surface area (Å²) < 4.78 is 16.9. The number of imide groups is 1. The Balaban J connectivity index is 1.20. The standard InChI is InChI=1S/C79H122N18O27S2/c1-4-5-15-51(85-61(101)21-20-60(100)83-22-11-34-122-36-38-124-39-37-123-35-12-23-84-63(103)43-92-26-28-93(44-65(106)107)30-32-95(46-67(110)111)33-31-94(29-27-92)45-66(108)109)72(114)90-56(76(118)97-25-10-17-58(97)77(119)96-24-9-16-57(96)71(82)113)48-126-69-68(78(120)91(3)79(69)121)125-47-55(75(117)87-53(70(81)112)42-64(104)105)89-74(116)54(41-50-13-7-6-8-14-50)88-73(115)52(18-19-59(80)99)86-62(102)40-49(2)98/h6-8,13-14,49,51-58,98H,4-5,9-12,15-48H2,1-3H3,(H2,80,99)(H2,81,112)(H2,82,113)(H,83,100)(H,84,103)(H,85,101)(H,86,102)(H,87,117)(H,88,115)(H,89,116)(H,90,114)(H,104,105)(H,106,107)(H,108,109)(H,110,111)/t49-,51+,52+,53+,54+,55+,56+,57+,58+/m1/s1. The highest BCUT2D eigenvalue weighted by molar-refractivity contribution is 8.08. The molecular weight excluding hydrogens is 1700 g/mol. The van der Waals surface area contributed by atoms with E-state index in [4.69, 9.17) is 31.4 Å². The molecule has 0 saturated carbocycles. The minimum atomic E-state index is -1.91. The van der Waals surface area contributed by atoms with Gasteiger partial charge in [0.2, 0.25) is 76.8 Å². The number of nitrogens with zero attached hydrogens (tertiary/aromatic N) is 7. The third-order valence-electron chi connectivity index (χ3n) is 20.5. The largest absolute Gasteiger partial charge is 0.481 e. The van der Waals surface area contributed by atoms with E-state index >= 15 is 4.79 Å². The average Bonchev–Trinajstić information content (AvgIpc) is 1.65. The maximum absolute atomic E-state index is 15.2. The van der Waals surface area contributed by atoms with E-state index in [9.17, 15) is 112 Å². The minimum absolute atomic E-state index is 0.0178. The number of nitrogens with one attached hydrogen (secondary N) is 8. The SMILES string of the molecule is CCCC[C@H](NC(=O)CCC(=O)NCCCOCCOCCOCCCNC(=O)CN1CCN(CC(=O)O)CCN(CC(=O)O)CCN(CC(=O)O)CC1)C(=O)N[C@@H](CSC1=C(SC[C@H](NC(=O)[C@H](Cc2ccccc2)NC(=O)[C@H](CCC(N)=O)NC(=O)C[C@@H](C)O)C(=O)N[C@@H](CC(=O)O)C(N)=O)C(=O)N(C)C1=O)C(=O)N1CCC[C@H]1C(=O)N1CCC[C@H]1C(N)=O. The summed E-state index contributed by atoms with van der Waals surface area (Å²) in [7, 11) is 1.11. The van der Waals surface area contributed by atoms with Gasteiger partial charge >= 0.3 is 23.9 Å². The van der Waals surface area contributed by atoms with Gasteiger partial charge < -0.3 is 109 Å². The number of thioether (sulfide) groups is 2. The van der Waals surface area contributed by atoms with Crippen molar-refractivity contribution in [2.75, 3.05) is 163 Å². The van der Waals surface area contributed by atoms with Crippen LogP contribution >= 0.6 is 23.5 Å². The lowest BCUT2D eigenvalue weighted by Crippen LogP contribution is -2.59. The number of carbonyl (C=O) groups is 19. The maximum atomic E-state index is 15.2. The zero-order chi connectivity index (χ0) is 93.0. The van der Waals surface area contributed by atoms with Crippen LogP contribution in [0.5, 0.6) is 0 Å². The zero-order valence-corrected chi connectivity index (χ0v) is 72.9. The number of primary amides is 3. The van der Waals surface area contributed by atoms with Crippen LogP contribution in [0.25, 0.3) is 0 Å². The predicted octanol–water partition coefficient (Wildman–Crippen LogP) is -6.21. The Hall–Kier alpha value is -10.5. The van der Waals surface area contributed by atoms with Crippen molar-refractivity contribution in [3.05, 3.63) is 45.7 Å². The van der Waals surface area contributed by atoms with Gasteiger partial charge in [0, 0.05) is 136 Å². The number of ether oxygens (including phenoxy) is 3. The van der Waals surface area contributed by atoms with Gasteiger partial charge in [0.25, 0.3) is 11.8 Å². The summed E-state index contributed by atoms with van der Waals surface area (Å²) in [5, 5.41) is 68.5. The first-order chi connectivity index (χ1) is 59.9. The Labute approximate surface area is 737 Å². The Morgan fingerprint density at radius 2 is 0.905 bits per heavy atom. The monoisotopic (exact) mass is 1820 g/mol. The molecule has 19 N–H and O–H groups in total. The molecule has 9 atom stereocenters. The van der Waals surface area contributed by atoms with Crippen molar-refractivity contribution in [1.29, 1.82) is 0 Å². The van der Waals surface area contributed by atoms with E-state index in [0.717, 1.165) is 7.05 Å². The summed E-state index contributed by atoms with van der Waals surface area (Å²) in [6.07, 6.45) is -1.58. The van der Waals surface area contributed by atoms with Gasteiger partial charge in [0.15, 0.2) is 0 Å². The maximum Gasteiger partial charge on any atom is 0.317 e. The summed E-state index contributed by atoms with van der Waals surface area (Å²) in [6, 6.07) is -4.06. The fraction of sp³-hybridized carbons (Fsp3) is 0.658. The summed E-state index contributed by atoms with van der Waals surface area (Å²) in [4.78, 5) is 261. The lowest BCUT2D eigenvalue weighted by Gasteiger charge is -2.33. The Bertz CT molecular complexity index is 3910. The molecule has 3 fully saturated rings. The number of carbonyl (C=O) groups excluding carboxylic acids is 15. The topological polar surface area (TPSA) is 650 Å². The molecule has 0 aliphatic carbocycles. The zero-order valence-electron chi connectivity index (χ0n) is 71.3. The molecule has 15 amide bonds. The summed E-state index contributed by atoms with van der Waals surface area (Å²) in [5.41, 5.74) is 17.0. The molecule has 702 valence electrons. The fourth-order valence-corrected chi connectivity index (χ4v) is 16.3. The lowest BCUT2D eigenvalue weighted by atomic mass is 10.0. The number of nitrogens with two attached hydrogens (primary N) is 3. The Morgan fingerprint density at radius 1 is 0.468 bits per heavy atom. The molecule has 0 unspecified atom stereocenters. The molecule has 0 aromatic heterocycles. The normalized spacial score (nSPS) is 18.0. The van der Waals surface area contributed by atoms with Gasteiger partial charge in [-0.05, 0) is 63.9 Å². The number of carboxylic acids is 4. The van der Waals surface area contributed by atoms with E-state index < -0.39 is 192 Å². The molecule has 3 saturated heterocycles. The van der Waals surface area contributed by atoms with Gasteiger partial charge in [-0.2, -0.15) is 0 Å². The number of aliphatic hydroxyl groups excluding tert-OH is 1. The number of unbranched alkanes of at least 4 members (excludes halogenated alkanes) is 1. The van der Waals surface area contributed by atoms with Gasteiger partial charge in [0.05, 0.1) is 81.4 Å². The van der Waals surface area contributed by atoms with Gasteiger partial charge in [-0.15, -0.1) is 23.5 Å². The summed E-state index contributed by atoms with van der Waals surface area (Å²) in [6.45, 7) is 6.40. The Kier molecular flexibility index (Phi) is 47.6. The van der Waals surface area contributed by atoms with Crippen molar-refractivity contribution in [3.8, 4) is 0 Å². The van der Waals surface area contributed by atoms with Crippen molar-refractivity contribution >= 4 is 136 Å². The molecule has 1 aromatic rings. The number of hydrogen-bond acceptors (Lipinski definition) is 29. The number of carboxylic acid groups (broad SMARTS) is 4. The Morgan fingerprint density at radius 3 is 1.40 bits per heavy atom. The first kappa shape index (κ1) is 106. The van der Waals surface area contributed by atoms with E-state index in [2.05, 4.69) is 42.5 Å². The highest BCUT2D eigenvalue weighted by Crippen LogP contribution is 2.37. The van der Waals surface area contributed by atoms with Gasteiger partial charge in [-0.3, -0.25) is 116 Å². The van der Waals surface area contributed by atoms with Crippen LogP contribution in [0.15, 0.2) is 40.1 Å². The number of rotatable bonds is 57. The molecule has 45 nitrogen and oxygen atoms in total. The third kappa shape index (κ3) is 39.2. The molecule has 47 heteroatoms. The van der Waals surface area contributed by atoms with E-state index in [0.29, 0.717) is 92.3 Å². The second-order valence-corrected chi connectivity index (χ2v) is 32.7. The van der Waals surface area contributed by atoms with Gasteiger partial charge in [-0.25, -0.2) is 0 Å². The molecule has 126 heavy (non-hydrogen) atoms. The quantitative estimate of drug-likeness (QED) is 0.0213. The van der Waals surface area contributed by atoms with E-state index in [1.807, 2.05) is 11.8 Å². The number of likely N-dealkylation sites (tertiary alicyclic amines) is 2. The number of aliphatic carboxylic acids is 4. The van der Waals surface area contributed by atoms with E-state index in [-0.39, 0.29) is 185 Å². The van der Waals surface area contributed by atoms with Crippen LogP contribution in [0.1, 0.15) is 116 Å². The highest BCUT2D eigenvalue weighted by atomic mass is 32.2. The smallest absolute Gasteiger partial charge is 0.317 e. The molecule has 0 spiro atoms. The van der Waals surface area contributed by atoms with Crippen LogP contribution in [0.4, 0.5) is 0 Å². The first-order valence-corrected chi connectivity index (χ1v) is 43.8. The summed E-state index contributed by atoms with van der Waals surface area (Å²) in [5.74, 6) is -19.0. The minimum Gasteiger partial charge on any atom is -0.481 e.